The van der Waals surface area contributed by atoms with Crippen molar-refractivity contribution in [2.45, 2.75) is 37.3 Å². The second kappa shape index (κ2) is 4.83. The predicted molar refractivity (Wildman–Crippen MR) is 83.1 cm³/mol. The van der Waals surface area contributed by atoms with E-state index in [1.165, 1.54) is 5.56 Å². The third-order valence-electron chi connectivity index (χ3n) is 4.95. The lowest BCUT2D eigenvalue weighted by Gasteiger charge is -2.22. The first-order valence-corrected chi connectivity index (χ1v) is 7.84. The minimum atomic E-state index is -0.916. The maximum atomic E-state index is 11.6. The van der Waals surface area contributed by atoms with Gasteiger partial charge in [0, 0.05) is 18.6 Å². The lowest BCUT2D eigenvalue weighted by molar-refractivity contribution is 0.0682. The van der Waals surface area contributed by atoms with Gasteiger partial charge in [0.25, 0.3) is 0 Å². The van der Waals surface area contributed by atoms with Gasteiger partial charge in [-0.1, -0.05) is 6.07 Å². The summed E-state index contributed by atoms with van der Waals surface area (Å²) in [6.07, 6.45) is 3.72. The Labute approximate surface area is 128 Å². The summed E-state index contributed by atoms with van der Waals surface area (Å²) in [5.41, 5.74) is 8.25. The van der Waals surface area contributed by atoms with Crippen molar-refractivity contribution in [2.75, 3.05) is 13.2 Å². The molecule has 2 fully saturated rings. The normalized spacial score (nSPS) is 21.1. The number of carboxylic acids is 1. The summed E-state index contributed by atoms with van der Waals surface area (Å²) in [7, 11) is 0. The zero-order valence-electron chi connectivity index (χ0n) is 12.4. The van der Waals surface area contributed by atoms with Crippen LogP contribution < -0.4 is 5.73 Å². The van der Waals surface area contributed by atoms with Crippen LogP contribution in [0, 0.1) is 0 Å². The number of carboxylic acid groups (broad SMARTS) is 1. The van der Waals surface area contributed by atoms with Crippen LogP contribution in [0.4, 0.5) is 0 Å². The Balaban J connectivity index is 1.82. The summed E-state index contributed by atoms with van der Waals surface area (Å²) in [4.78, 5) is 11.6. The number of benzene rings is 1. The van der Waals surface area contributed by atoms with E-state index in [0.29, 0.717) is 11.6 Å². The molecule has 2 heterocycles. The molecule has 0 amide bonds. The van der Waals surface area contributed by atoms with Crippen LogP contribution in [0.3, 0.4) is 0 Å². The van der Waals surface area contributed by atoms with Crippen LogP contribution in [-0.2, 0) is 10.4 Å². The Morgan fingerprint density at radius 3 is 2.64 bits per heavy atom. The lowest BCUT2D eigenvalue weighted by atomic mass is 9.91. The minimum absolute atomic E-state index is 0.291. The van der Waals surface area contributed by atoms with Crippen LogP contribution in [0.5, 0.6) is 0 Å². The zero-order chi connectivity index (χ0) is 15.3. The number of rotatable bonds is 3. The molecular formula is C17H20N2O3. The molecule has 0 radical (unpaired) electrons. The number of nitrogens with zero attached hydrogens (tertiary/aromatic N) is 1. The highest BCUT2D eigenvalue weighted by molar-refractivity contribution is 5.95. The maximum absolute atomic E-state index is 11.6. The average Bonchev–Trinajstić information content (AvgIpc) is 3.14. The van der Waals surface area contributed by atoms with Crippen molar-refractivity contribution in [3.05, 3.63) is 35.5 Å². The molecule has 5 nitrogen and oxygen atoms in total. The molecule has 0 unspecified atom stereocenters. The molecule has 1 saturated carbocycles. The van der Waals surface area contributed by atoms with Crippen LogP contribution in [0.1, 0.15) is 47.7 Å². The summed E-state index contributed by atoms with van der Waals surface area (Å²) in [6.45, 7) is 1.60. The first-order chi connectivity index (χ1) is 10.6. The van der Waals surface area contributed by atoms with Gasteiger partial charge >= 0.3 is 5.97 Å². The largest absolute Gasteiger partial charge is 0.477 e. The molecule has 22 heavy (non-hydrogen) atoms. The van der Waals surface area contributed by atoms with E-state index < -0.39 is 11.6 Å². The first-order valence-electron chi connectivity index (χ1n) is 7.84. The van der Waals surface area contributed by atoms with E-state index in [0.717, 1.165) is 49.8 Å². The van der Waals surface area contributed by atoms with Crippen molar-refractivity contribution in [3.8, 4) is 0 Å². The van der Waals surface area contributed by atoms with Crippen molar-refractivity contribution < 1.29 is 14.6 Å². The van der Waals surface area contributed by atoms with E-state index in [9.17, 15) is 9.90 Å². The summed E-state index contributed by atoms with van der Waals surface area (Å²) in [5.74, 6) is -0.414. The average molecular weight is 300 g/mol. The molecule has 3 N–H and O–H groups in total. The Morgan fingerprint density at radius 1 is 1.27 bits per heavy atom. The summed E-state index contributed by atoms with van der Waals surface area (Å²) in [5, 5.41) is 10.5. The van der Waals surface area contributed by atoms with Crippen molar-refractivity contribution in [1.82, 2.24) is 4.57 Å². The molecule has 116 valence electrons. The summed E-state index contributed by atoms with van der Waals surface area (Å²) >= 11 is 0. The number of nitrogens with two attached hydrogens (primary N) is 1. The van der Waals surface area contributed by atoms with Gasteiger partial charge in [-0.25, -0.2) is 4.79 Å². The van der Waals surface area contributed by atoms with E-state index in [1.807, 2.05) is 6.07 Å². The van der Waals surface area contributed by atoms with Gasteiger partial charge < -0.3 is 20.1 Å². The van der Waals surface area contributed by atoms with Crippen LogP contribution in [0.25, 0.3) is 10.9 Å². The molecule has 0 atom stereocenters. The molecule has 1 aromatic carbocycles. The van der Waals surface area contributed by atoms with Crippen molar-refractivity contribution in [2.24, 2.45) is 5.73 Å². The second-order valence-electron chi connectivity index (χ2n) is 6.48. The smallest absolute Gasteiger partial charge is 0.352 e. The van der Waals surface area contributed by atoms with E-state index in [-0.39, 0.29) is 0 Å². The molecule has 1 aromatic heterocycles. The first kappa shape index (κ1) is 13.8. The predicted octanol–water partition coefficient (Wildman–Crippen LogP) is 2.64. The van der Waals surface area contributed by atoms with Gasteiger partial charge in [-0.05, 0) is 55.4 Å². The summed E-state index contributed by atoms with van der Waals surface area (Å²) < 4.78 is 7.22. The third kappa shape index (κ3) is 2.12. The maximum Gasteiger partial charge on any atom is 0.352 e. The fraction of sp³-hybridized carbons (Fsp3) is 0.471. The quantitative estimate of drug-likeness (QED) is 0.913. The van der Waals surface area contributed by atoms with Crippen molar-refractivity contribution in [1.29, 1.82) is 0 Å². The SMILES string of the molecule is NC1(n2c(C(=O)O)cc3cc(C4CCOCC4)ccc32)CC1. The van der Waals surface area contributed by atoms with E-state index in [2.05, 4.69) is 12.1 Å². The third-order valence-corrected chi connectivity index (χ3v) is 4.95. The van der Waals surface area contributed by atoms with Crippen LogP contribution in [-0.4, -0.2) is 28.9 Å². The number of hydrogen-bond donors (Lipinski definition) is 2. The number of ether oxygens (including phenoxy) is 1. The standard InChI is InChI=1S/C17H20N2O3/c18-17(5-6-17)19-14-2-1-12(11-3-7-22-8-4-11)9-13(14)10-15(19)16(20)21/h1-2,9-11H,3-8,18H2,(H,20,21). The van der Waals surface area contributed by atoms with Crippen LogP contribution in [0.2, 0.25) is 0 Å². The van der Waals surface area contributed by atoms with Gasteiger partial charge in [-0.15, -0.1) is 0 Å². The fourth-order valence-corrected chi connectivity index (χ4v) is 3.51. The highest BCUT2D eigenvalue weighted by Crippen LogP contribution is 2.42. The molecule has 0 bridgehead atoms. The second-order valence-corrected chi connectivity index (χ2v) is 6.48. The number of aromatic nitrogens is 1. The minimum Gasteiger partial charge on any atom is -0.477 e. The summed E-state index contributed by atoms with van der Waals surface area (Å²) in [6, 6.07) is 8.03. The number of fused-ring (bicyclic) bond motifs is 1. The Kier molecular flexibility index (Phi) is 3.03. The number of aromatic carboxylic acids is 1. The molecule has 2 aromatic rings. The van der Waals surface area contributed by atoms with Crippen molar-refractivity contribution in [3.63, 3.8) is 0 Å². The molecule has 5 heteroatoms. The van der Waals surface area contributed by atoms with Gasteiger partial charge in [0.05, 0.1) is 11.2 Å². The number of carbonyl (C=O) groups is 1. The van der Waals surface area contributed by atoms with Gasteiger partial charge in [-0.3, -0.25) is 0 Å². The van der Waals surface area contributed by atoms with Gasteiger partial charge in [0.1, 0.15) is 5.69 Å². The lowest BCUT2D eigenvalue weighted by Crippen LogP contribution is -2.30. The molecule has 2 aliphatic rings. The molecule has 1 aliphatic heterocycles. The Bertz CT molecular complexity index is 740. The number of hydrogen-bond acceptors (Lipinski definition) is 3. The Morgan fingerprint density at radius 2 is 2.00 bits per heavy atom. The van der Waals surface area contributed by atoms with Gasteiger partial charge in [0.15, 0.2) is 0 Å². The Hall–Kier alpha value is -1.85. The fourth-order valence-electron chi connectivity index (χ4n) is 3.51. The van der Waals surface area contributed by atoms with Gasteiger partial charge in [0.2, 0.25) is 0 Å². The van der Waals surface area contributed by atoms with E-state index in [4.69, 9.17) is 10.5 Å². The van der Waals surface area contributed by atoms with Gasteiger partial charge in [-0.2, -0.15) is 0 Å². The van der Waals surface area contributed by atoms with Crippen molar-refractivity contribution >= 4 is 16.9 Å². The zero-order valence-corrected chi connectivity index (χ0v) is 12.4. The molecule has 4 rings (SSSR count). The highest BCUT2D eigenvalue weighted by Gasteiger charge is 2.43. The molecule has 0 spiro atoms. The van der Waals surface area contributed by atoms with Crippen LogP contribution in [0.15, 0.2) is 24.3 Å². The molecule has 1 saturated heterocycles. The highest BCUT2D eigenvalue weighted by atomic mass is 16.5. The monoisotopic (exact) mass is 300 g/mol. The molecular weight excluding hydrogens is 280 g/mol. The van der Waals surface area contributed by atoms with Crippen LogP contribution >= 0.6 is 0 Å². The topological polar surface area (TPSA) is 77.5 Å². The van der Waals surface area contributed by atoms with E-state index >= 15 is 0 Å². The molecule has 1 aliphatic carbocycles. The van der Waals surface area contributed by atoms with E-state index in [1.54, 1.807) is 10.6 Å².